The van der Waals surface area contributed by atoms with Crippen LogP contribution < -0.4 is 5.73 Å². The zero-order chi connectivity index (χ0) is 21.4. The van der Waals surface area contributed by atoms with Crippen LogP contribution in [0, 0.1) is 6.92 Å². The van der Waals surface area contributed by atoms with Crippen LogP contribution in [-0.4, -0.2) is 36.5 Å². The van der Waals surface area contributed by atoms with Crippen LogP contribution >= 0.6 is 0 Å². The van der Waals surface area contributed by atoms with Gasteiger partial charge in [0.25, 0.3) is 0 Å². The Morgan fingerprint density at radius 2 is 1.87 bits per heavy atom. The van der Waals surface area contributed by atoms with E-state index in [1.165, 1.54) is 5.56 Å². The number of ether oxygens (including phenoxy) is 1. The van der Waals surface area contributed by atoms with E-state index in [2.05, 4.69) is 21.5 Å². The third-order valence-corrected chi connectivity index (χ3v) is 5.51. The minimum atomic E-state index is -0.480. The van der Waals surface area contributed by atoms with Gasteiger partial charge in [-0.15, -0.1) is 5.10 Å². The van der Waals surface area contributed by atoms with Crippen LogP contribution in [0.25, 0.3) is 0 Å². The predicted molar refractivity (Wildman–Crippen MR) is 117 cm³/mol. The van der Waals surface area contributed by atoms with Gasteiger partial charge in [0.2, 0.25) is 0 Å². The second-order valence-corrected chi connectivity index (χ2v) is 7.50. The van der Waals surface area contributed by atoms with Crippen LogP contribution in [0.4, 0.5) is 4.79 Å². The average molecular weight is 408 g/mol. The summed E-state index contributed by atoms with van der Waals surface area (Å²) in [6, 6.07) is 18.2. The van der Waals surface area contributed by atoms with Crippen molar-refractivity contribution in [2.75, 3.05) is 19.7 Å². The molecule has 1 aliphatic rings. The van der Waals surface area contributed by atoms with Gasteiger partial charge in [-0.2, -0.15) is 5.11 Å². The Balaban J connectivity index is 1.76. The fourth-order valence-corrected chi connectivity index (χ4v) is 3.83. The second kappa shape index (κ2) is 10.0. The summed E-state index contributed by atoms with van der Waals surface area (Å²) in [6.07, 6.45) is 1.02. The summed E-state index contributed by atoms with van der Waals surface area (Å²) in [7, 11) is 0. The first-order valence-electron chi connectivity index (χ1n) is 10.3. The molecule has 2 N–H and O–H groups in total. The lowest BCUT2D eigenvalue weighted by Gasteiger charge is -2.40. The van der Waals surface area contributed by atoms with Crippen molar-refractivity contribution in [2.45, 2.75) is 38.6 Å². The molecule has 0 saturated carbocycles. The van der Waals surface area contributed by atoms with E-state index in [1.54, 1.807) is 4.90 Å². The summed E-state index contributed by atoms with van der Waals surface area (Å²) in [6.45, 7) is 5.76. The van der Waals surface area contributed by atoms with Crippen molar-refractivity contribution in [1.82, 2.24) is 4.90 Å². The maximum absolute atomic E-state index is 12.1. The number of nitrogens with zero attached hydrogens (tertiary/aromatic N) is 4. The van der Waals surface area contributed by atoms with E-state index in [0.717, 1.165) is 11.1 Å². The van der Waals surface area contributed by atoms with Gasteiger partial charge in [-0.1, -0.05) is 60.2 Å². The van der Waals surface area contributed by atoms with Crippen LogP contribution in [0.2, 0.25) is 0 Å². The minimum Gasteiger partial charge on any atom is -0.450 e. The summed E-state index contributed by atoms with van der Waals surface area (Å²) >= 11 is 0. The molecule has 0 aromatic heterocycles. The Bertz CT molecular complexity index is 903. The Morgan fingerprint density at radius 1 is 1.13 bits per heavy atom. The lowest BCUT2D eigenvalue weighted by atomic mass is 9.72. The van der Waals surface area contributed by atoms with Gasteiger partial charge in [-0.25, -0.2) is 4.79 Å². The van der Waals surface area contributed by atoms with E-state index in [-0.39, 0.29) is 6.09 Å². The van der Waals surface area contributed by atoms with E-state index in [9.17, 15) is 4.79 Å². The van der Waals surface area contributed by atoms with Crippen molar-refractivity contribution in [3.05, 3.63) is 71.3 Å². The molecule has 1 amide bonds. The molecular weight excluding hydrogens is 378 g/mol. The third-order valence-electron chi connectivity index (χ3n) is 5.51. The van der Waals surface area contributed by atoms with E-state index >= 15 is 0 Å². The first-order valence-corrected chi connectivity index (χ1v) is 10.3. The van der Waals surface area contributed by atoms with Gasteiger partial charge in [0.1, 0.15) is 5.84 Å². The number of benzene rings is 2. The quantitative estimate of drug-likeness (QED) is 0.333. The summed E-state index contributed by atoms with van der Waals surface area (Å²) < 4.78 is 5.14. The minimum absolute atomic E-state index is 0.285. The molecular formula is C23H29N5O2. The number of likely N-dealkylation sites (tertiary alicyclic amines) is 1. The first-order chi connectivity index (χ1) is 14.5. The smallest absolute Gasteiger partial charge is 0.409 e. The molecule has 0 spiro atoms. The molecule has 0 radical (unpaired) electrons. The molecule has 0 bridgehead atoms. The second-order valence-electron chi connectivity index (χ2n) is 7.50. The van der Waals surface area contributed by atoms with E-state index < -0.39 is 5.41 Å². The number of hydrogen-bond acceptors (Lipinski definition) is 4. The summed E-state index contributed by atoms with van der Waals surface area (Å²) in [4.78, 5) is 13.8. The van der Waals surface area contributed by atoms with Crippen LogP contribution in [0.15, 0.2) is 70.0 Å². The van der Waals surface area contributed by atoms with Crippen LogP contribution in [-0.2, 0) is 16.7 Å². The van der Waals surface area contributed by atoms with Crippen LogP contribution in [0.1, 0.15) is 36.5 Å². The third kappa shape index (κ3) is 5.03. The van der Waals surface area contributed by atoms with Crippen molar-refractivity contribution < 1.29 is 9.53 Å². The fraction of sp³-hybridized carbons (Fsp3) is 0.391. The van der Waals surface area contributed by atoms with Crippen LogP contribution in [0.5, 0.6) is 0 Å². The summed E-state index contributed by atoms with van der Waals surface area (Å²) in [5, 5.41) is 12.4. The van der Waals surface area contributed by atoms with Gasteiger partial charge < -0.3 is 15.4 Å². The van der Waals surface area contributed by atoms with Gasteiger partial charge in [0.05, 0.1) is 18.6 Å². The highest BCUT2D eigenvalue weighted by Crippen LogP contribution is 2.36. The predicted octanol–water partition coefficient (Wildman–Crippen LogP) is 4.41. The number of carbonyl (C=O) groups is 1. The zero-order valence-corrected chi connectivity index (χ0v) is 17.6. The number of amides is 1. The maximum Gasteiger partial charge on any atom is 0.409 e. The Morgan fingerprint density at radius 3 is 2.53 bits per heavy atom. The van der Waals surface area contributed by atoms with Gasteiger partial charge >= 0.3 is 6.09 Å². The number of nitrogens with two attached hydrogens (primary N) is 1. The molecule has 0 aliphatic carbocycles. The molecule has 1 saturated heterocycles. The molecule has 7 nitrogen and oxygen atoms in total. The van der Waals surface area contributed by atoms with Crippen molar-refractivity contribution in [3.8, 4) is 0 Å². The zero-order valence-electron chi connectivity index (χ0n) is 17.6. The fourth-order valence-electron chi connectivity index (χ4n) is 3.83. The largest absolute Gasteiger partial charge is 0.450 e. The molecule has 0 atom stereocenters. The topological polar surface area (TPSA) is 92.6 Å². The lowest BCUT2D eigenvalue weighted by Crippen LogP contribution is -2.51. The molecule has 30 heavy (non-hydrogen) atoms. The number of piperidine rings is 1. The van der Waals surface area contributed by atoms with E-state index in [1.807, 2.05) is 62.4 Å². The highest BCUT2D eigenvalue weighted by atomic mass is 16.6. The van der Waals surface area contributed by atoms with Crippen molar-refractivity contribution in [3.63, 3.8) is 0 Å². The Hall–Kier alpha value is -3.22. The number of aryl methyl sites for hydroxylation is 1. The molecule has 158 valence electrons. The molecule has 2 aromatic carbocycles. The lowest BCUT2D eigenvalue weighted by molar-refractivity contribution is 0.0930. The highest BCUT2D eigenvalue weighted by molar-refractivity contribution is 5.92. The van der Waals surface area contributed by atoms with E-state index in [0.29, 0.717) is 44.9 Å². The van der Waals surface area contributed by atoms with Crippen molar-refractivity contribution in [2.24, 2.45) is 21.2 Å². The number of amidine groups is 1. The number of rotatable bonds is 6. The highest BCUT2D eigenvalue weighted by Gasteiger charge is 2.41. The van der Waals surface area contributed by atoms with Crippen molar-refractivity contribution >= 4 is 11.9 Å². The van der Waals surface area contributed by atoms with Gasteiger partial charge in [-0.3, -0.25) is 0 Å². The Labute approximate surface area is 177 Å². The molecule has 7 heteroatoms. The standard InChI is InChI=1S/C23H29N5O2/c1-3-30-22(29)28-14-12-23(13-15-28,20-10-5-4-6-11-20)21(24)26-27-25-17-19-9-7-8-18(2)16-19/h4-11,16H,3,12-15,17H2,1-2H3,(H2,24,25,26). The summed E-state index contributed by atoms with van der Waals surface area (Å²) in [5.41, 5.74) is 9.31. The molecule has 2 aromatic rings. The van der Waals surface area contributed by atoms with Gasteiger partial charge in [-0.05, 0) is 43.0 Å². The normalized spacial score (nSPS) is 16.6. The SMILES string of the molecule is CCOC(=O)N1CCC(/C(N)=N/N=NCc2cccc(C)c2)(c2ccccc2)CC1. The molecule has 3 rings (SSSR count). The molecule has 1 aliphatic heterocycles. The first kappa shape index (κ1) is 21.5. The molecule has 0 unspecified atom stereocenters. The van der Waals surface area contributed by atoms with Crippen molar-refractivity contribution in [1.29, 1.82) is 0 Å². The maximum atomic E-state index is 12.1. The van der Waals surface area contributed by atoms with Gasteiger partial charge in [0, 0.05) is 13.1 Å². The monoisotopic (exact) mass is 407 g/mol. The van der Waals surface area contributed by atoms with Gasteiger partial charge in [0.15, 0.2) is 0 Å². The number of carbonyl (C=O) groups excluding carboxylic acids is 1. The molecule has 1 heterocycles. The average Bonchev–Trinajstić information content (AvgIpc) is 2.77. The number of hydrogen-bond donors (Lipinski definition) is 1. The van der Waals surface area contributed by atoms with E-state index in [4.69, 9.17) is 10.5 Å². The molecule has 1 fully saturated rings. The van der Waals surface area contributed by atoms with Crippen LogP contribution in [0.3, 0.4) is 0 Å². The summed E-state index contributed by atoms with van der Waals surface area (Å²) in [5.74, 6) is 0.421. The Kier molecular flexibility index (Phi) is 7.17.